The molecule has 1 amide bonds. The van der Waals surface area contributed by atoms with Crippen molar-refractivity contribution in [2.45, 2.75) is 13.0 Å². The van der Waals surface area contributed by atoms with Gasteiger partial charge in [0.15, 0.2) is 6.79 Å². The number of rotatable bonds is 5. The molecule has 2 aromatic rings. The molecule has 1 aromatic heterocycles. The molecule has 6 nitrogen and oxygen atoms in total. The number of halogens is 1. The number of carbonyl (C=O) groups excluding carboxylic acids is 1. The van der Waals surface area contributed by atoms with Crippen molar-refractivity contribution in [3.05, 3.63) is 53.0 Å². The molecule has 3 rings (SSSR count). The van der Waals surface area contributed by atoms with Gasteiger partial charge in [-0.3, -0.25) is 4.79 Å². The van der Waals surface area contributed by atoms with E-state index in [9.17, 15) is 9.18 Å². The standard InChI is InChI=1S/C18H20FN3O3/c1-22(2)16-4-3-13(9-21-16)18(23)20-6-5-12-7-15(19)8-14-10-24-11-25-17(12)14/h3-4,7-9H,5-6,10-11H2,1-2H3,(H,20,23). The fourth-order valence-corrected chi connectivity index (χ4v) is 2.64. The van der Waals surface area contributed by atoms with E-state index in [1.165, 1.54) is 18.3 Å². The summed E-state index contributed by atoms with van der Waals surface area (Å²) in [6, 6.07) is 6.35. The van der Waals surface area contributed by atoms with Crippen LogP contribution in [0.2, 0.25) is 0 Å². The lowest BCUT2D eigenvalue weighted by atomic mass is 10.1. The summed E-state index contributed by atoms with van der Waals surface area (Å²) in [6.07, 6.45) is 2.00. The molecule has 0 spiro atoms. The zero-order valence-electron chi connectivity index (χ0n) is 14.2. The summed E-state index contributed by atoms with van der Waals surface area (Å²) in [5, 5.41) is 2.82. The van der Waals surface area contributed by atoms with E-state index < -0.39 is 0 Å². The molecule has 0 radical (unpaired) electrons. The van der Waals surface area contributed by atoms with Crippen LogP contribution in [0, 0.1) is 5.82 Å². The third-order valence-corrected chi connectivity index (χ3v) is 3.90. The molecule has 0 saturated carbocycles. The summed E-state index contributed by atoms with van der Waals surface area (Å²) >= 11 is 0. The number of aromatic nitrogens is 1. The van der Waals surface area contributed by atoms with E-state index in [1.807, 2.05) is 19.0 Å². The summed E-state index contributed by atoms with van der Waals surface area (Å²) in [7, 11) is 3.77. The summed E-state index contributed by atoms with van der Waals surface area (Å²) in [6.45, 7) is 0.854. The van der Waals surface area contributed by atoms with Crippen LogP contribution < -0.4 is 15.0 Å². The van der Waals surface area contributed by atoms with E-state index in [1.54, 1.807) is 12.1 Å². The maximum absolute atomic E-state index is 13.7. The highest BCUT2D eigenvalue weighted by Crippen LogP contribution is 2.29. The molecule has 1 aliphatic rings. The first-order valence-corrected chi connectivity index (χ1v) is 7.98. The van der Waals surface area contributed by atoms with Crippen LogP contribution in [0.5, 0.6) is 5.75 Å². The van der Waals surface area contributed by atoms with Gasteiger partial charge in [0, 0.05) is 32.4 Å². The van der Waals surface area contributed by atoms with Gasteiger partial charge in [-0.1, -0.05) is 0 Å². The molecule has 7 heteroatoms. The molecule has 1 aliphatic heterocycles. The molecule has 0 bridgehead atoms. The topological polar surface area (TPSA) is 63.7 Å². The summed E-state index contributed by atoms with van der Waals surface area (Å²) < 4.78 is 24.3. The summed E-state index contributed by atoms with van der Waals surface area (Å²) in [4.78, 5) is 18.3. The maximum Gasteiger partial charge on any atom is 0.252 e. The third kappa shape index (κ3) is 4.06. The Kier molecular flexibility index (Phi) is 5.14. The number of hydrogen-bond donors (Lipinski definition) is 1. The van der Waals surface area contributed by atoms with Gasteiger partial charge in [0.2, 0.25) is 0 Å². The van der Waals surface area contributed by atoms with Crippen LogP contribution >= 0.6 is 0 Å². The molecule has 0 unspecified atom stereocenters. The number of anilines is 1. The van der Waals surface area contributed by atoms with Gasteiger partial charge in [0.1, 0.15) is 17.4 Å². The van der Waals surface area contributed by atoms with Gasteiger partial charge in [-0.05, 0) is 36.2 Å². The third-order valence-electron chi connectivity index (χ3n) is 3.90. The van der Waals surface area contributed by atoms with Crippen molar-refractivity contribution < 1.29 is 18.7 Å². The Balaban J connectivity index is 1.61. The van der Waals surface area contributed by atoms with Crippen LogP contribution in [0.4, 0.5) is 10.2 Å². The fourth-order valence-electron chi connectivity index (χ4n) is 2.64. The average Bonchev–Trinajstić information content (AvgIpc) is 2.61. The molecule has 1 N–H and O–H groups in total. The second kappa shape index (κ2) is 7.48. The van der Waals surface area contributed by atoms with Crippen LogP contribution in [-0.4, -0.2) is 38.3 Å². The lowest BCUT2D eigenvalue weighted by molar-refractivity contribution is -0.0172. The van der Waals surface area contributed by atoms with Gasteiger partial charge in [0.25, 0.3) is 5.91 Å². The maximum atomic E-state index is 13.7. The predicted octanol–water partition coefficient (Wildman–Crippen LogP) is 2.13. The number of fused-ring (bicyclic) bond motifs is 1. The van der Waals surface area contributed by atoms with Crippen molar-refractivity contribution in [1.82, 2.24) is 10.3 Å². The first-order valence-electron chi connectivity index (χ1n) is 7.98. The van der Waals surface area contributed by atoms with Crippen LogP contribution in [0.15, 0.2) is 30.5 Å². The summed E-state index contributed by atoms with van der Waals surface area (Å²) in [5.41, 5.74) is 1.90. The Labute approximate surface area is 145 Å². The highest BCUT2D eigenvalue weighted by Gasteiger charge is 2.17. The minimum absolute atomic E-state index is 0.155. The zero-order chi connectivity index (χ0) is 17.8. The Hall–Kier alpha value is -2.67. The van der Waals surface area contributed by atoms with Crippen molar-refractivity contribution in [2.75, 3.05) is 32.3 Å². The molecule has 0 saturated heterocycles. The second-order valence-corrected chi connectivity index (χ2v) is 5.97. The molecule has 0 atom stereocenters. The molecule has 0 aliphatic carbocycles. The number of carbonyl (C=O) groups is 1. The van der Waals surface area contributed by atoms with Crippen molar-refractivity contribution in [1.29, 1.82) is 0 Å². The normalized spacial score (nSPS) is 12.9. The second-order valence-electron chi connectivity index (χ2n) is 5.97. The molecular formula is C18H20FN3O3. The van der Waals surface area contributed by atoms with Crippen molar-refractivity contribution in [3.8, 4) is 5.75 Å². The molecule has 25 heavy (non-hydrogen) atoms. The molecule has 2 heterocycles. The molecule has 0 fully saturated rings. The van der Waals surface area contributed by atoms with E-state index in [0.717, 1.165) is 11.4 Å². The number of benzene rings is 1. The van der Waals surface area contributed by atoms with Crippen LogP contribution in [-0.2, 0) is 17.8 Å². The zero-order valence-corrected chi connectivity index (χ0v) is 14.2. The van der Waals surface area contributed by atoms with Gasteiger partial charge in [-0.15, -0.1) is 0 Å². The van der Waals surface area contributed by atoms with E-state index in [0.29, 0.717) is 36.4 Å². The lowest BCUT2D eigenvalue weighted by Gasteiger charge is -2.21. The molecular weight excluding hydrogens is 325 g/mol. The summed E-state index contributed by atoms with van der Waals surface area (Å²) in [5.74, 6) is 0.881. The van der Waals surface area contributed by atoms with Crippen molar-refractivity contribution >= 4 is 11.7 Å². The van der Waals surface area contributed by atoms with Gasteiger partial charge in [-0.2, -0.15) is 0 Å². The number of amides is 1. The van der Waals surface area contributed by atoms with E-state index >= 15 is 0 Å². The van der Waals surface area contributed by atoms with Crippen LogP contribution in [0.1, 0.15) is 21.5 Å². The Morgan fingerprint density at radius 2 is 2.20 bits per heavy atom. The lowest BCUT2D eigenvalue weighted by Crippen LogP contribution is -2.26. The Bertz CT molecular complexity index is 763. The van der Waals surface area contributed by atoms with E-state index in [-0.39, 0.29) is 18.5 Å². The van der Waals surface area contributed by atoms with Crippen LogP contribution in [0.25, 0.3) is 0 Å². The number of nitrogens with zero attached hydrogens (tertiary/aromatic N) is 2. The highest BCUT2D eigenvalue weighted by molar-refractivity contribution is 5.94. The minimum atomic E-state index is -0.336. The minimum Gasteiger partial charge on any atom is -0.467 e. The largest absolute Gasteiger partial charge is 0.467 e. The number of hydrogen-bond acceptors (Lipinski definition) is 5. The van der Waals surface area contributed by atoms with Gasteiger partial charge >= 0.3 is 0 Å². The van der Waals surface area contributed by atoms with E-state index in [2.05, 4.69) is 10.3 Å². The van der Waals surface area contributed by atoms with Gasteiger partial charge < -0.3 is 19.7 Å². The van der Waals surface area contributed by atoms with E-state index in [4.69, 9.17) is 9.47 Å². The predicted molar refractivity (Wildman–Crippen MR) is 91.3 cm³/mol. The van der Waals surface area contributed by atoms with Gasteiger partial charge in [-0.25, -0.2) is 9.37 Å². The SMILES string of the molecule is CN(C)c1ccc(C(=O)NCCc2cc(F)cc3c2OCOC3)cn1. The molecule has 1 aromatic carbocycles. The molecule has 132 valence electrons. The highest BCUT2D eigenvalue weighted by atomic mass is 19.1. The quantitative estimate of drug-likeness (QED) is 0.899. The monoisotopic (exact) mass is 345 g/mol. The number of ether oxygens (including phenoxy) is 2. The smallest absolute Gasteiger partial charge is 0.252 e. The Morgan fingerprint density at radius 1 is 1.36 bits per heavy atom. The fraction of sp³-hybridized carbons (Fsp3) is 0.333. The number of pyridine rings is 1. The van der Waals surface area contributed by atoms with Crippen molar-refractivity contribution in [3.63, 3.8) is 0 Å². The van der Waals surface area contributed by atoms with Crippen molar-refractivity contribution in [2.24, 2.45) is 0 Å². The first-order chi connectivity index (χ1) is 12.0. The number of nitrogens with one attached hydrogen (secondary N) is 1. The average molecular weight is 345 g/mol. The first kappa shape index (κ1) is 17.2. The van der Waals surface area contributed by atoms with Gasteiger partial charge in [0.05, 0.1) is 12.2 Å². The van der Waals surface area contributed by atoms with Crippen LogP contribution in [0.3, 0.4) is 0 Å². The Morgan fingerprint density at radius 3 is 2.92 bits per heavy atom.